The van der Waals surface area contributed by atoms with Crippen molar-refractivity contribution < 1.29 is 14.3 Å². The highest BCUT2D eigenvalue weighted by molar-refractivity contribution is 5.79. The van der Waals surface area contributed by atoms with E-state index in [2.05, 4.69) is 0 Å². The molecule has 0 radical (unpaired) electrons. The van der Waals surface area contributed by atoms with Crippen molar-refractivity contribution in [2.45, 2.75) is 32.3 Å². The van der Waals surface area contributed by atoms with Crippen LogP contribution >= 0.6 is 0 Å². The molecule has 68 valence electrons. The van der Waals surface area contributed by atoms with Crippen LogP contribution in [0.5, 0.6) is 0 Å². The molecule has 0 amide bonds. The molecular formula is C9H14O3. The molecule has 1 saturated heterocycles. The van der Waals surface area contributed by atoms with E-state index in [9.17, 15) is 4.79 Å². The van der Waals surface area contributed by atoms with E-state index in [1.54, 1.807) is 0 Å². The SMILES string of the molecule is CC1(C(=O)O[C@@H]2CCOC2)CC1. The first-order valence-electron chi connectivity index (χ1n) is 4.49. The van der Waals surface area contributed by atoms with E-state index < -0.39 is 0 Å². The van der Waals surface area contributed by atoms with E-state index >= 15 is 0 Å². The van der Waals surface area contributed by atoms with E-state index in [1.165, 1.54) is 0 Å². The number of carbonyl (C=O) groups excluding carboxylic acids is 1. The van der Waals surface area contributed by atoms with Gasteiger partial charge in [0.15, 0.2) is 0 Å². The van der Waals surface area contributed by atoms with Crippen LogP contribution in [0.4, 0.5) is 0 Å². The Morgan fingerprint density at radius 1 is 1.58 bits per heavy atom. The quantitative estimate of drug-likeness (QED) is 0.582. The lowest BCUT2D eigenvalue weighted by atomic mass is 10.1. The average Bonchev–Trinajstić information content (AvgIpc) is 2.63. The molecule has 1 atom stereocenters. The molecule has 2 fully saturated rings. The second-order valence-electron chi connectivity index (χ2n) is 3.95. The van der Waals surface area contributed by atoms with Gasteiger partial charge in [0, 0.05) is 6.42 Å². The number of rotatable bonds is 2. The first kappa shape index (κ1) is 8.05. The lowest BCUT2D eigenvalue weighted by Crippen LogP contribution is -2.23. The zero-order valence-electron chi connectivity index (χ0n) is 7.34. The number of carbonyl (C=O) groups is 1. The molecule has 3 nitrogen and oxygen atoms in total. The molecule has 1 saturated carbocycles. The molecule has 2 rings (SSSR count). The summed E-state index contributed by atoms with van der Waals surface area (Å²) in [4.78, 5) is 11.4. The monoisotopic (exact) mass is 170 g/mol. The molecule has 0 N–H and O–H groups in total. The molecule has 0 aromatic carbocycles. The smallest absolute Gasteiger partial charge is 0.312 e. The van der Waals surface area contributed by atoms with Crippen LogP contribution in [0, 0.1) is 5.41 Å². The molecule has 0 bridgehead atoms. The van der Waals surface area contributed by atoms with Crippen molar-refractivity contribution >= 4 is 5.97 Å². The van der Waals surface area contributed by atoms with E-state index in [-0.39, 0.29) is 17.5 Å². The minimum atomic E-state index is -0.150. The summed E-state index contributed by atoms with van der Waals surface area (Å²) in [5.74, 6) is -0.0296. The first-order valence-corrected chi connectivity index (χ1v) is 4.49. The maximum absolute atomic E-state index is 11.4. The van der Waals surface area contributed by atoms with Gasteiger partial charge in [-0.25, -0.2) is 0 Å². The molecule has 0 aromatic heterocycles. The summed E-state index contributed by atoms with van der Waals surface area (Å²) in [6.07, 6.45) is 2.86. The normalized spacial score (nSPS) is 31.6. The molecule has 0 unspecified atom stereocenters. The van der Waals surface area contributed by atoms with Gasteiger partial charge in [-0.15, -0.1) is 0 Å². The van der Waals surface area contributed by atoms with Crippen LogP contribution in [0.3, 0.4) is 0 Å². The maximum Gasteiger partial charge on any atom is 0.312 e. The topological polar surface area (TPSA) is 35.5 Å². The average molecular weight is 170 g/mol. The van der Waals surface area contributed by atoms with Crippen molar-refractivity contribution in [3.05, 3.63) is 0 Å². The summed E-state index contributed by atoms with van der Waals surface area (Å²) in [7, 11) is 0. The van der Waals surface area contributed by atoms with Gasteiger partial charge in [0.2, 0.25) is 0 Å². The minimum Gasteiger partial charge on any atom is -0.459 e. The van der Waals surface area contributed by atoms with Gasteiger partial charge in [-0.05, 0) is 19.8 Å². The number of ether oxygens (including phenoxy) is 2. The third-order valence-electron chi connectivity index (χ3n) is 2.65. The van der Waals surface area contributed by atoms with E-state index in [0.29, 0.717) is 6.61 Å². The van der Waals surface area contributed by atoms with E-state index in [0.717, 1.165) is 25.9 Å². The predicted octanol–water partition coefficient (Wildman–Crippen LogP) is 1.12. The molecule has 0 aromatic rings. The first-order chi connectivity index (χ1) is 5.71. The van der Waals surface area contributed by atoms with Gasteiger partial charge in [0.05, 0.1) is 18.6 Å². The Morgan fingerprint density at radius 3 is 2.83 bits per heavy atom. The molecule has 1 aliphatic heterocycles. The van der Waals surface area contributed by atoms with Gasteiger partial charge in [-0.2, -0.15) is 0 Å². The molecule has 1 aliphatic carbocycles. The zero-order chi connectivity index (χ0) is 8.60. The summed E-state index contributed by atoms with van der Waals surface area (Å²) in [5.41, 5.74) is -0.150. The fourth-order valence-corrected chi connectivity index (χ4v) is 1.29. The van der Waals surface area contributed by atoms with Gasteiger partial charge in [-0.3, -0.25) is 4.79 Å². The second-order valence-corrected chi connectivity index (χ2v) is 3.95. The van der Waals surface area contributed by atoms with Gasteiger partial charge < -0.3 is 9.47 Å². The van der Waals surface area contributed by atoms with Crippen LogP contribution in [0.2, 0.25) is 0 Å². The van der Waals surface area contributed by atoms with Crippen LogP contribution in [0.15, 0.2) is 0 Å². The van der Waals surface area contributed by atoms with E-state index in [1.807, 2.05) is 6.92 Å². The van der Waals surface area contributed by atoms with Crippen LogP contribution in [-0.4, -0.2) is 25.3 Å². The molecule has 12 heavy (non-hydrogen) atoms. The van der Waals surface area contributed by atoms with Crippen molar-refractivity contribution in [1.82, 2.24) is 0 Å². The second kappa shape index (κ2) is 2.73. The highest BCUT2D eigenvalue weighted by Gasteiger charge is 2.47. The minimum absolute atomic E-state index is 0.0231. The molecule has 3 heteroatoms. The third-order valence-corrected chi connectivity index (χ3v) is 2.65. The van der Waals surface area contributed by atoms with Gasteiger partial charge in [0.1, 0.15) is 6.10 Å². The lowest BCUT2D eigenvalue weighted by molar-refractivity contribution is -0.155. The summed E-state index contributed by atoms with van der Waals surface area (Å²) in [5, 5.41) is 0. The molecule has 0 spiro atoms. The fourth-order valence-electron chi connectivity index (χ4n) is 1.29. The van der Waals surface area contributed by atoms with Gasteiger partial charge >= 0.3 is 5.97 Å². The Balaban J connectivity index is 1.82. The summed E-state index contributed by atoms with van der Waals surface area (Å²) >= 11 is 0. The van der Waals surface area contributed by atoms with Crippen molar-refractivity contribution in [3.8, 4) is 0 Å². The van der Waals surface area contributed by atoms with Crippen LogP contribution in [0.25, 0.3) is 0 Å². The Bertz CT molecular complexity index is 190. The highest BCUT2D eigenvalue weighted by atomic mass is 16.6. The summed E-state index contributed by atoms with van der Waals surface area (Å²) in [6.45, 7) is 3.28. The molecule has 1 heterocycles. The molecular weight excluding hydrogens is 156 g/mol. The van der Waals surface area contributed by atoms with Gasteiger partial charge in [0.25, 0.3) is 0 Å². The Kier molecular flexibility index (Phi) is 1.83. The standard InChI is InChI=1S/C9H14O3/c1-9(3-4-9)8(10)12-7-2-5-11-6-7/h7H,2-6H2,1H3/t7-/m1/s1. The van der Waals surface area contributed by atoms with E-state index in [4.69, 9.17) is 9.47 Å². The van der Waals surface area contributed by atoms with Crippen LogP contribution < -0.4 is 0 Å². The predicted molar refractivity (Wildman–Crippen MR) is 42.7 cm³/mol. The Labute approximate surface area is 72.0 Å². The lowest BCUT2D eigenvalue weighted by Gasteiger charge is -2.13. The highest BCUT2D eigenvalue weighted by Crippen LogP contribution is 2.46. The van der Waals surface area contributed by atoms with Gasteiger partial charge in [-0.1, -0.05) is 0 Å². The van der Waals surface area contributed by atoms with Crippen molar-refractivity contribution in [2.75, 3.05) is 13.2 Å². The Hall–Kier alpha value is -0.570. The number of hydrogen-bond acceptors (Lipinski definition) is 3. The van der Waals surface area contributed by atoms with Crippen molar-refractivity contribution in [3.63, 3.8) is 0 Å². The Morgan fingerprint density at radius 2 is 2.33 bits per heavy atom. The zero-order valence-corrected chi connectivity index (χ0v) is 7.34. The van der Waals surface area contributed by atoms with Crippen molar-refractivity contribution in [1.29, 1.82) is 0 Å². The fraction of sp³-hybridized carbons (Fsp3) is 0.889. The van der Waals surface area contributed by atoms with Crippen LogP contribution in [0.1, 0.15) is 26.2 Å². The number of esters is 1. The summed E-state index contributed by atoms with van der Waals surface area (Å²) < 4.78 is 10.4. The molecule has 2 aliphatic rings. The largest absolute Gasteiger partial charge is 0.459 e. The van der Waals surface area contributed by atoms with Crippen molar-refractivity contribution in [2.24, 2.45) is 5.41 Å². The summed E-state index contributed by atoms with van der Waals surface area (Å²) in [6, 6.07) is 0. The van der Waals surface area contributed by atoms with Crippen LogP contribution in [-0.2, 0) is 14.3 Å². The third kappa shape index (κ3) is 1.46. The number of hydrogen-bond donors (Lipinski definition) is 0. The maximum atomic E-state index is 11.4.